The zero-order chi connectivity index (χ0) is 14.7. The molecule has 1 unspecified atom stereocenters. The van der Waals surface area contributed by atoms with Gasteiger partial charge in [0.25, 0.3) is 0 Å². The molecule has 2 aliphatic heterocycles. The third-order valence-corrected chi connectivity index (χ3v) is 4.03. The van der Waals surface area contributed by atoms with Gasteiger partial charge in [0, 0.05) is 35.4 Å². The molecule has 0 amide bonds. The minimum atomic E-state index is 0.546. The van der Waals surface area contributed by atoms with Crippen LogP contribution in [0.25, 0.3) is 12.4 Å². The van der Waals surface area contributed by atoms with E-state index in [0.29, 0.717) is 6.04 Å². The summed E-state index contributed by atoms with van der Waals surface area (Å²) in [7, 11) is 0. The van der Waals surface area contributed by atoms with Crippen molar-refractivity contribution >= 4 is 12.4 Å². The first-order valence-electron chi connectivity index (χ1n) is 7.34. The van der Waals surface area contributed by atoms with Crippen LogP contribution < -0.4 is 26.6 Å². The highest BCUT2D eigenvalue weighted by Gasteiger charge is 2.17. The third kappa shape index (κ3) is 2.93. The van der Waals surface area contributed by atoms with Gasteiger partial charge >= 0.3 is 0 Å². The molecule has 4 rings (SSSR count). The third-order valence-electron chi connectivity index (χ3n) is 4.03. The summed E-state index contributed by atoms with van der Waals surface area (Å²) >= 11 is 0. The van der Waals surface area contributed by atoms with Crippen molar-refractivity contribution in [2.45, 2.75) is 26.4 Å². The summed E-state index contributed by atoms with van der Waals surface area (Å²) in [4.78, 5) is 0. The molecule has 3 N–H and O–H groups in total. The topological polar surface area (TPSA) is 36.1 Å². The van der Waals surface area contributed by atoms with Crippen molar-refractivity contribution in [1.29, 1.82) is 0 Å². The standard InChI is InChI=1S/C10H13N.C8H8N2/c1-7-4-3-5-9-8(2)11-6-10(7)9;1-2-4-8-6-10-9-5-7(8)3-1/h3-5,8,11H,6H2,1-2H3;1-6,9-10H. The van der Waals surface area contributed by atoms with Crippen LogP contribution in [0.1, 0.15) is 29.7 Å². The minimum Gasteiger partial charge on any atom is -0.308 e. The summed E-state index contributed by atoms with van der Waals surface area (Å²) in [6.45, 7) is 5.44. The molecule has 0 bridgehead atoms. The van der Waals surface area contributed by atoms with Gasteiger partial charge in [-0.3, -0.25) is 0 Å². The summed E-state index contributed by atoms with van der Waals surface area (Å²) in [6.07, 6.45) is 3.88. The van der Waals surface area contributed by atoms with Crippen LogP contribution in [-0.2, 0) is 6.54 Å². The lowest BCUT2D eigenvalue weighted by Gasteiger charge is -2.04. The van der Waals surface area contributed by atoms with Gasteiger partial charge < -0.3 is 16.2 Å². The van der Waals surface area contributed by atoms with Crippen molar-refractivity contribution in [3.05, 3.63) is 69.6 Å². The van der Waals surface area contributed by atoms with E-state index in [1.54, 1.807) is 0 Å². The normalized spacial score (nSPS) is 17.7. The number of hydrogen-bond donors (Lipinski definition) is 3. The van der Waals surface area contributed by atoms with E-state index in [1.807, 2.05) is 24.5 Å². The number of hydrazine groups is 1. The van der Waals surface area contributed by atoms with Crippen LogP contribution in [0.5, 0.6) is 0 Å². The highest BCUT2D eigenvalue weighted by atomic mass is 15.3. The average Bonchev–Trinajstić information content (AvgIpc) is 2.91. The van der Waals surface area contributed by atoms with Crippen LogP contribution in [-0.4, -0.2) is 0 Å². The smallest absolute Gasteiger partial charge is 0.0298 e. The van der Waals surface area contributed by atoms with Crippen LogP contribution in [0.2, 0.25) is 0 Å². The zero-order valence-electron chi connectivity index (χ0n) is 12.5. The Labute approximate surface area is 125 Å². The van der Waals surface area contributed by atoms with Crippen molar-refractivity contribution in [2.75, 3.05) is 0 Å². The molecule has 0 aromatic heterocycles. The zero-order valence-corrected chi connectivity index (χ0v) is 12.5. The van der Waals surface area contributed by atoms with Crippen molar-refractivity contribution < 1.29 is 0 Å². The Hall–Kier alpha value is -2.26. The molecule has 2 aliphatic rings. The first-order valence-corrected chi connectivity index (χ1v) is 7.34. The molecule has 2 aromatic rings. The van der Waals surface area contributed by atoms with Crippen LogP contribution in [0.3, 0.4) is 0 Å². The van der Waals surface area contributed by atoms with E-state index in [9.17, 15) is 0 Å². The van der Waals surface area contributed by atoms with Crippen molar-refractivity contribution in [2.24, 2.45) is 0 Å². The molecule has 0 saturated heterocycles. The van der Waals surface area contributed by atoms with Gasteiger partial charge in [0.15, 0.2) is 0 Å². The Morgan fingerprint density at radius 3 is 2.19 bits per heavy atom. The summed E-state index contributed by atoms with van der Waals surface area (Å²) in [5.74, 6) is 0. The molecular weight excluding hydrogens is 258 g/mol. The van der Waals surface area contributed by atoms with Crippen LogP contribution in [0, 0.1) is 6.92 Å². The Morgan fingerprint density at radius 1 is 0.905 bits per heavy atom. The quantitative estimate of drug-likeness (QED) is 0.683. The van der Waals surface area contributed by atoms with Crippen molar-refractivity contribution in [3.8, 4) is 0 Å². The summed E-state index contributed by atoms with van der Waals surface area (Å²) in [6, 6.07) is 15.3. The van der Waals surface area contributed by atoms with Gasteiger partial charge in [-0.2, -0.15) is 0 Å². The number of hydrogen-bond acceptors (Lipinski definition) is 3. The number of fused-ring (bicyclic) bond motifs is 2. The first kappa shape index (κ1) is 13.7. The van der Waals surface area contributed by atoms with E-state index < -0.39 is 0 Å². The summed E-state index contributed by atoms with van der Waals surface area (Å²) < 4.78 is 0. The molecular formula is C18H21N3. The molecule has 2 heterocycles. The predicted octanol–water partition coefficient (Wildman–Crippen LogP) is 1.43. The molecule has 3 heteroatoms. The number of aryl methyl sites for hydroxylation is 1. The largest absolute Gasteiger partial charge is 0.308 e. The lowest BCUT2D eigenvalue weighted by Crippen LogP contribution is -2.38. The summed E-state index contributed by atoms with van der Waals surface area (Å²) in [5.41, 5.74) is 10.2. The monoisotopic (exact) mass is 279 g/mol. The molecule has 21 heavy (non-hydrogen) atoms. The molecule has 0 fully saturated rings. The fourth-order valence-electron chi connectivity index (χ4n) is 2.75. The lowest BCUT2D eigenvalue weighted by atomic mass is 10.0. The summed E-state index contributed by atoms with van der Waals surface area (Å²) in [5, 5.41) is 5.87. The second-order valence-corrected chi connectivity index (χ2v) is 5.45. The van der Waals surface area contributed by atoms with Crippen LogP contribution in [0.4, 0.5) is 0 Å². The maximum atomic E-state index is 3.43. The van der Waals surface area contributed by atoms with Gasteiger partial charge in [-0.05, 0) is 30.5 Å². The maximum absolute atomic E-state index is 3.43. The maximum Gasteiger partial charge on any atom is 0.0298 e. The fraction of sp³-hybridized carbons (Fsp3) is 0.222. The van der Waals surface area contributed by atoms with Gasteiger partial charge in [-0.15, -0.1) is 0 Å². The first-order chi connectivity index (χ1) is 10.3. The second kappa shape index (κ2) is 6.02. The van der Waals surface area contributed by atoms with Crippen LogP contribution in [0.15, 0.2) is 42.5 Å². The van der Waals surface area contributed by atoms with Gasteiger partial charge in [0.05, 0.1) is 0 Å². The highest BCUT2D eigenvalue weighted by molar-refractivity contribution is 5.39. The molecule has 0 aliphatic carbocycles. The molecule has 3 nitrogen and oxygen atoms in total. The van der Waals surface area contributed by atoms with E-state index >= 15 is 0 Å². The lowest BCUT2D eigenvalue weighted by molar-refractivity contribution is 0.633. The highest BCUT2D eigenvalue weighted by Crippen LogP contribution is 2.26. The van der Waals surface area contributed by atoms with Gasteiger partial charge in [0.1, 0.15) is 0 Å². The number of nitrogens with one attached hydrogen (secondary N) is 3. The minimum absolute atomic E-state index is 0.546. The van der Waals surface area contributed by atoms with Gasteiger partial charge in [-0.1, -0.05) is 42.5 Å². The molecule has 0 saturated carbocycles. The van der Waals surface area contributed by atoms with Crippen molar-refractivity contribution in [3.63, 3.8) is 0 Å². The van der Waals surface area contributed by atoms with Crippen LogP contribution >= 0.6 is 0 Å². The fourth-order valence-corrected chi connectivity index (χ4v) is 2.75. The molecule has 108 valence electrons. The number of benzene rings is 2. The SMILES string of the molecule is C1=c2ccccc2=CNN1.Cc1cccc2c1CNC2C. The van der Waals surface area contributed by atoms with E-state index in [0.717, 1.165) is 6.54 Å². The Kier molecular flexibility index (Phi) is 3.93. The van der Waals surface area contributed by atoms with E-state index in [4.69, 9.17) is 0 Å². The van der Waals surface area contributed by atoms with E-state index in [1.165, 1.54) is 27.1 Å². The number of rotatable bonds is 0. The molecule has 0 radical (unpaired) electrons. The van der Waals surface area contributed by atoms with E-state index in [-0.39, 0.29) is 0 Å². The van der Waals surface area contributed by atoms with Crippen molar-refractivity contribution in [1.82, 2.24) is 16.2 Å². The Bertz CT molecular complexity index is 714. The molecule has 2 aromatic carbocycles. The van der Waals surface area contributed by atoms with Gasteiger partial charge in [-0.25, -0.2) is 0 Å². The molecule has 1 atom stereocenters. The average molecular weight is 279 g/mol. The van der Waals surface area contributed by atoms with Gasteiger partial charge in [0.2, 0.25) is 0 Å². The van der Waals surface area contributed by atoms with E-state index in [2.05, 4.69) is 60.3 Å². The molecule has 0 spiro atoms. The predicted molar refractivity (Wildman–Crippen MR) is 87.3 cm³/mol. The Morgan fingerprint density at radius 2 is 1.57 bits per heavy atom. The Balaban J connectivity index is 0.000000126. The second-order valence-electron chi connectivity index (χ2n) is 5.45.